The second-order valence-corrected chi connectivity index (χ2v) is 5.08. The van der Waals surface area contributed by atoms with Crippen molar-refractivity contribution < 1.29 is 14.7 Å². The number of anilines is 1. The summed E-state index contributed by atoms with van der Waals surface area (Å²) in [4.78, 5) is 24.2. The second kappa shape index (κ2) is 5.40. The predicted octanol–water partition coefficient (Wildman–Crippen LogP) is 1.37. The quantitative estimate of drug-likeness (QED) is 0.863. The summed E-state index contributed by atoms with van der Waals surface area (Å²) in [5.41, 5.74) is 1.74. The summed E-state index contributed by atoms with van der Waals surface area (Å²) in [6.45, 7) is 2.78. The summed E-state index contributed by atoms with van der Waals surface area (Å²) >= 11 is 0. The van der Waals surface area contributed by atoms with Gasteiger partial charge in [0.05, 0.1) is 5.92 Å². The zero-order chi connectivity index (χ0) is 14.0. The van der Waals surface area contributed by atoms with E-state index in [1.165, 1.54) is 6.92 Å². The highest BCUT2D eigenvalue weighted by atomic mass is 16.4. The molecule has 5 nitrogen and oxygen atoms in total. The lowest BCUT2D eigenvalue weighted by Gasteiger charge is -2.15. The van der Waals surface area contributed by atoms with Gasteiger partial charge in [-0.05, 0) is 24.7 Å². The number of benzene rings is 1. The highest BCUT2D eigenvalue weighted by molar-refractivity contribution is 5.88. The fraction of sp³-hybridized carbons (Fsp3) is 0.429. The first kappa shape index (κ1) is 13.5. The molecule has 2 unspecified atom stereocenters. The van der Waals surface area contributed by atoms with Crippen LogP contribution in [0.1, 0.15) is 18.4 Å². The van der Waals surface area contributed by atoms with Crippen LogP contribution in [0.5, 0.6) is 0 Å². The van der Waals surface area contributed by atoms with E-state index in [1.54, 1.807) is 0 Å². The molecular weight excluding hydrogens is 244 g/mol. The molecule has 0 saturated carbocycles. The summed E-state index contributed by atoms with van der Waals surface area (Å²) in [6, 6.07) is 7.41. The molecule has 102 valence electrons. The van der Waals surface area contributed by atoms with Crippen LogP contribution in [0, 0.1) is 5.92 Å². The van der Waals surface area contributed by atoms with Crippen LogP contribution in [-0.2, 0) is 9.59 Å². The third kappa shape index (κ3) is 3.12. The molecule has 0 bridgehead atoms. The van der Waals surface area contributed by atoms with Gasteiger partial charge in [-0.3, -0.25) is 9.59 Å². The van der Waals surface area contributed by atoms with E-state index in [1.807, 2.05) is 36.2 Å². The number of hydrogen-bond donors (Lipinski definition) is 2. The monoisotopic (exact) mass is 262 g/mol. The molecule has 5 heteroatoms. The fourth-order valence-corrected chi connectivity index (χ4v) is 2.61. The number of carbonyl (C=O) groups excluding carboxylic acids is 1. The Morgan fingerprint density at radius 3 is 2.42 bits per heavy atom. The molecule has 2 atom stereocenters. The van der Waals surface area contributed by atoms with E-state index in [0.29, 0.717) is 6.54 Å². The summed E-state index contributed by atoms with van der Waals surface area (Å²) < 4.78 is 0. The molecule has 1 fully saturated rings. The Morgan fingerprint density at radius 2 is 1.89 bits per heavy atom. The molecule has 2 rings (SSSR count). The number of likely N-dealkylation sites (tertiary alicyclic amines) is 1. The Kier molecular flexibility index (Phi) is 3.85. The van der Waals surface area contributed by atoms with Gasteiger partial charge in [0.2, 0.25) is 5.91 Å². The SMILES string of the molecule is CC(=O)Nc1ccc(C2CN(C)CC2C(=O)O)cc1. The third-order valence-electron chi connectivity index (χ3n) is 3.48. The molecular formula is C14H18N2O3. The lowest BCUT2D eigenvalue weighted by molar-refractivity contribution is -0.141. The van der Waals surface area contributed by atoms with Crippen LogP contribution >= 0.6 is 0 Å². The molecule has 1 aliphatic rings. The van der Waals surface area contributed by atoms with Gasteiger partial charge in [-0.1, -0.05) is 12.1 Å². The molecule has 0 aliphatic carbocycles. The zero-order valence-corrected chi connectivity index (χ0v) is 11.1. The van der Waals surface area contributed by atoms with Crippen molar-refractivity contribution in [3.05, 3.63) is 29.8 Å². The van der Waals surface area contributed by atoms with Crippen molar-refractivity contribution in [3.63, 3.8) is 0 Å². The maximum absolute atomic E-state index is 11.3. The van der Waals surface area contributed by atoms with Crippen LogP contribution in [0.4, 0.5) is 5.69 Å². The zero-order valence-electron chi connectivity index (χ0n) is 11.1. The lowest BCUT2D eigenvalue weighted by atomic mass is 9.89. The Labute approximate surface area is 112 Å². The first-order chi connectivity index (χ1) is 8.97. The van der Waals surface area contributed by atoms with E-state index in [2.05, 4.69) is 5.32 Å². The topological polar surface area (TPSA) is 69.6 Å². The first-order valence-electron chi connectivity index (χ1n) is 6.26. The maximum Gasteiger partial charge on any atom is 0.308 e. The smallest absolute Gasteiger partial charge is 0.308 e. The Balaban J connectivity index is 2.17. The van der Waals surface area contributed by atoms with Gasteiger partial charge in [0, 0.05) is 31.6 Å². The molecule has 1 heterocycles. The van der Waals surface area contributed by atoms with Crippen molar-refractivity contribution in [2.24, 2.45) is 5.92 Å². The van der Waals surface area contributed by atoms with Gasteiger partial charge in [0.25, 0.3) is 0 Å². The highest BCUT2D eigenvalue weighted by Gasteiger charge is 2.36. The normalized spacial score (nSPS) is 23.3. The number of carbonyl (C=O) groups is 2. The van der Waals surface area contributed by atoms with Crippen LogP contribution in [0.2, 0.25) is 0 Å². The van der Waals surface area contributed by atoms with E-state index in [-0.39, 0.29) is 17.7 Å². The van der Waals surface area contributed by atoms with Gasteiger partial charge < -0.3 is 15.3 Å². The van der Waals surface area contributed by atoms with Gasteiger partial charge in [-0.15, -0.1) is 0 Å². The Hall–Kier alpha value is -1.88. The number of nitrogens with one attached hydrogen (secondary N) is 1. The minimum atomic E-state index is -0.750. The molecule has 2 N–H and O–H groups in total. The Morgan fingerprint density at radius 1 is 1.26 bits per heavy atom. The van der Waals surface area contributed by atoms with Crippen LogP contribution in [0.25, 0.3) is 0 Å². The van der Waals surface area contributed by atoms with Gasteiger partial charge in [-0.2, -0.15) is 0 Å². The molecule has 0 spiro atoms. The third-order valence-corrected chi connectivity index (χ3v) is 3.48. The minimum Gasteiger partial charge on any atom is -0.481 e. The van der Waals surface area contributed by atoms with Crippen LogP contribution in [0.15, 0.2) is 24.3 Å². The number of amides is 1. The molecule has 1 aromatic rings. The van der Waals surface area contributed by atoms with Crippen molar-refractivity contribution >= 4 is 17.6 Å². The number of aliphatic carboxylic acids is 1. The molecule has 1 amide bonds. The molecule has 1 aliphatic heterocycles. The van der Waals surface area contributed by atoms with Crippen molar-refractivity contribution in [1.82, 2.24) is 4.90 Å². The number of rotatable bonds is 3. The van der Waals surface area contributed by atoms with E-state index >= 15 is 0 Å². The number of likely N-dealkylation sites (N-methyl/N-ethyl adjacent to an activating group) is 1. The molecule has 0 radical (unpaired) electrons. The molecule has 1 saturated heterocycles. The van der Waals surface area contributed by atoms with E-state index in [0.717, 1.165) is 17.8 Å². The summed E-state index contributed by atoms with van der Waals surface area (Å²) in [7, 11) is 1.93. The predicted molar refractivity (Wildman–Crippen MR) is 72.1 cm³/mol. The highest BCUT2D eigenvalue weighted by Crippen LogP contribution is 2.32. The van der Waals surface area contributed by atoms with Gasteiger partial charge in [0.1, 0.15) is 0 Å². The number of carboxylic acid groups (broad SMARTS) is 1. The number of nitrogens with zero attached hydrogens (tertiary/aromatic N) is 1. The number of carboxylic acids is 1. The van der Waals surface area contributed by atoms with Crippen molar-refractivity contribution in [3.8, 4) is 0 Å². The fourth-order valence-electron chi connectivity index (χ4n) is 2.61. The van der Waals surface area contributed by atoms with Gasteiger partial charge >= 0.3 is 5.97 Å². The van der Waals surface area contributed by atoms with E-state index in [4.69, 9.17) is 0 Å². The summed E-state index contributed by atoms with van der Waals surface area (Å²) in [6.07, 6.45) is 0. The Bertz CT molecular complexity index is 484. The largest absolute Gasteiger partial charge is 0.481 e. The van der Waals surface area contributed by atoms with Gasteiger partial charge in [0.15, 0.2) is 0 Å². The van der Waals surface area contributed by atoms with E-state index in [9.17, 15) is 14.7 Å². The lowest BCUT2D eigenvalue weighted by Crippen LogP contribution is -2.21. The summed E-state index contributed by atoms with van der Waals surface area (Å²) in [5.74, 6) is -1.22. The van der Waals surface area contributed by atoms with Crippen molar-refractivity contribution in [1.29, 1.82) is 0 Å². The number of hydrogen-bond acceptors (Lipinski definition) is 3. The average Bonchev–Trinajstić information content (AvgIpc) is 2.72. The molecule has 1 aromatic carbocycles. The molecule has 19 heavy (non-hydrogen) atoms. The van der Waals surface area contributed by atoms with Crippen molar-refractivity contribution in [2.75, 3.05) is 25.5 Å². The standard InChI is InChI=1S/C14H18N2O3/c1-9(17)15-11-5-3-10(4-6-11)12-7-16(2)8-13(12)14(18)19/h3-6,12-13H,7-8H2,1-2H3,(H,15,17)(H,18,19). The first-order valence-corrected chi connectivity index (χ1v) is 6.26. The van der Waals surface area contributed by atoms with Crippen LogP contribution in [0.3, 0.4) is 0 Å². The summed E-state index contributed by atoms with van der Waals surface area (Å²) in [5, 5.41) is 12.0. The van der Waals surface area contributed by atoms with Crippen LogP contribution < -0.4 is 5.32 Å². The average molecular weight is 262 g/mol. The second-order valence-electron chi connectivity index (χ2n) is 5.08. The van der Waals surface area contributed by atoms with E-state index < -0.39 is 5.97 Å². The molecule has 0 aromatic heterocycles. The maximum atomic E-state index is 11.3. The van der Waals surface area contributed by atoms with Gasteiger partial charge in [-0.25, -0.2) is 0 Å². The van der Waals surface area contributed by atoms with Crippen LogP contribution in [-0.4, -0.2) is 42.0 Å². The minimum absolute atomic E-state index is 0.00822. The van der Waals surface area contributed by atoms with Crippen molar-refractivity contribution in [2.45, 2.75) is 12.8 Å².